The standard InChI is InChI=1S/C17H21N3O2/c1-3-13-4-6-14(7-5-13)17(21)19-8-9-20-12-18-15(11-22-2)16(20)10-19/h4-7,12H,3,8-11H2,1-2H3. The number of hydrogen-bond donors (Lipinski definition) is 0. The van der Waals surface area contributed by atoms with Gasteiger partial charge in [0.2, 0.25) is 0 Å². The van der Waals surface area contributed by atoms with Gasteiger partial charge in [-0.05, 0) is 24.1 Å². The lowest BCUT2D eigenvalue weighted by Crippen LogP contribution is -2.38. The number of benzene rings is 1. The first-order valence-corrected chi connectivity index (χ1v) is 7.63. The van der Waals surface area contributed by atoms with E-state index in [1.54, 1.807) is 7.11 Å². The predicted octanol–water partition coefficient (Wildman–Crippen LogP) is 2.25. The molecule has 0 spiro atoms. The number of carbonyl (C=O) groups excluding carboxylic acids is 1. The van der Waals surface area contributed by atoms with Crippen LogP contribution in [0.1, 0.15) is 34.2 Å². The van der Waals surface area contributed by atoms with Crippen LogP contribution in [-0.4, -0.2) is 34.0 Å². The van der Waals surface area contributed by atoms with E-state index < -0.39 is 0 Å². The Bertz CT molecular complexity index is 661. The molecule has 22 heavy (non-hydrogen) atoms. The molecule has 1 aromatic carbocycles. The van der Waals surface area contributed by atoms with Gasteiger partial charge in [0, 0.05) is 25.8 Å². The molecule has 0 fully saturated rings. The molecular formula is C17H21N3O2. The molecule has 5 heteroatoms. The molecule has 1 amide bonds. The summed E-state index contributed by atoms with van der Waals surface area (Å²) < 4.78 is 7.29. The maximum Gasteiger partial charge on any atom is 0.254 e. The minimum Gasteiger partial charge on any atom is -0.378 e. The SMILES string of the molecule is CCc1ccc(C(=O)N2CCn3cnc(COC)c3C2)cc1. The maximum absolute atomic E-state index is 12.7. The molecule has 0 radical (unpaired) electrons. The quantitative estimate of drug-likeness (QED) is 0.870. The number of nitrogens with zero attached hydrogens (tertiary/aromatic N) is 3. The van der Waals surface area contributed by atoms with E-state index in [9.17, 15) is 4.79 Å². The van der Waals surface area contributed by atoms with Crippen LogP contribution in [0.3, 0.4) is 0 Å². The number of fused-ring (bicyclic) bond motifs is 1. The van der Waals surface area contributed by atoms with Crippen molar-refractivity contribution in [1.29, 1.82) is 0 Å². The number of rotatable bonds is 4. The van der Waals surface area contributed by atoms with E-state index in [0.29, 0.717) is 19.7 Å². The molecule has 5 nitrogen and oxygen atoms in total. The summed E-state index contributed by atoms with van der Waals surface area (Å²) in [7, 11) is 1.66. The van der Waals surface area contributed by atoms with Gasteiger partial charge in [-0.2, -0.15) is 0 Å². The van der Waals surface area contributed by atoms with Crippen LogP contribution >= 0.6 is 0 Å². The van der Waals surface area contributed by atoms with Gasteiger partial charge in [-0.1, -0.05) is 19.1 Å². The molecule has 116 valence electrons. The lowest BCUT2D eigenvalue weighted by atomic mass is 10.1. The van der Waals surface area contributed by atoms with Gasteiger partial charge < -0.3 is 14.2 Å². The fourth-order valence-corrected chi connectivity index (χ4v) is 2.81. The monoisotopic (exact) mass is 299 g/mol. The first kappa shape index (κ1) is 14.8. The molecule has 1 aliphatic heterocycles. The van der Waals surface area contributed by atoms with Crippen LogP contribution in [0.4, 0.5) is 0 Å². The Morgan fingerprint density at radius 2 is 2.05 bits per heavy atom. The Balaban J connectivity index is 1.78. The van der Waals surface area contributed by atoms with Crippen molar-refractivity contribution < 1.29 is 9.53 Å². The zero-order valence-electron chi connectivity index (χ0n) is 13.1. The van der Waals surface area contributed by atoms with E-state index in [1.165, 1.54) is 5.56 Å². The minimum atomic E-state index is 0.0819. The van der Waals surface area contributed by atoms with E-state index in [0.717, 1.165) is 29.9 Å². The van der Waals surface area contributed by atoms with Crippen LogP contribution in [0, 0.1) is 0 Å². The van der Waals surface area contributed by atoms with Crippen LogP contribution in [0.5, 0.6) is 0 Å². The van der Waals surface area contributed by atoms with Gasteiger partial charge in [0.25, 0.3) is 5.91 Å². The van der Waals surface area contributed by atoms with Gasteiger partial charge in [0.05, 0.1) is 30.9 Å². The number of methoxy groups -OCH3 is 1. The highest BCUT2D eigenvalue weighted by Crippen LogP contribution is 2.19. The third kappa shape index (κ3) is 2.76. The largest absolute Gasteiger partial charge is 0.378 e. The van der Waals surface area contributed by atoms with E-state index in [2.05, 4.69) is 16.5 Å². The Morgan fingerprint density at radius 3 is 2.73 bits per heavy atom. The van der Waals surface area contributed by atoms with Crippen molar-refractivity contribution in [3.8, 4) is 0 Å². The Labute approximate surface area is 130 Å². The van der Waals surface area contributed by atoms with Crippen LogP contribution < -0.4 is 0 Å². The fourth-order valence-electron chi connectivity index (χ4n) is 2.81. The van der Waals surface area contributed by atoms with Crippen LogP contribution in [0.15, 0.2) is 30.6 Å². The topological polar surface area (TPSA) is 47.4 Å². The zero-order chi connectivity index (χ0) is 15.5. The third-order valence-electron chi connectivity index (χ3n) is 4.16. The molecule has 1 aromatic heterocycles. The van der Waals surface area contributed by atoms with Gasteiger partial charge in [0.15, 0.2) is 0 Å². The van der Waals surface area contributed by atoms with E-state index in [4.69, 9.17) is 4.74 Å². The lowest BCUT2D eigenvalue weighted by molar-refractivity contribution is 0.0708. The molecule has 0 unspecified atom stereocenters. The van der Waals surface area contributed by atoms with Gasteiger partial charge in [-0.25, -0.2) is 4.98 Å². The summed E-state index contributed by atoms with van der Waals surface area (Å²) in [5.41, 5.74) is 3.99. The Hall–Kier alpha value is -2.14. The average molecular weight is 299 g/mol. The molecule has 0 saturated carbocycles. The lowest BCUT2D eigenvalue weighted by Gasteiger charge is -2.29. The molecule has 0 aliphatic carbocycles. The number of amides is 1. The van der Waals surface area contributed by atoms with Crippen molar-refractivity contribution in [2.45, 2.75) is 33.0 Å². The predicted molar refractivity (Wildman–Crippen MR) is 83.5 cm³/mol. The van der Waals surface area contributed by atoms with Crippen molar-refractivity contribution in [2.75, 3.05) is 13.7 Å². The smallest absolute Gasteiger partial charge is 0.254 e. The van der Waals surface area contributed by atoms with E-state index >= 15 is 0 Å². The highest BCUT2D eigenvalue weighted by atomic mass is 16.5. The van der Waals surface area contributed by atoms with Crippen LogP contribution in [-0.2, 0) is 30.9 Å². The summed E-state index contributed by atoms with van der Waals surface area (Å²) in [6.07, 6.45) is 2.82. The van der Waals surface area contributed by atoms with Crippen LogP contribution in [0.25, 0.3) is 0 Å². The molecular weight excluding hydrogens is 278 g/mol. The Kier molecular flexibility index (Phi) is 4.24. The molecule has 2 aromatic rings. The summed E-state index contributed by atoms with van der Waals surface area (Å²) in [4.78, 5) is 18.9. The third-order valence-corrected chi connectivity index (χ3v) is 4.16. The number of hydrogen-bond acceptors (Lipinski definition) is 3. The summed E-state index contributed by atoms with van der Waals surface area (Å²) in [6.45, 7) is 4.68. The number of ether oxygens (including phenoxy) is 1. The molecule has 0 bridgehead atoms. The molecule has 3 rings (SSSR count). The highest BCUT2D eigenvalue weighted by Gasteiger charge is 2.24. The number of imidazole rings is 1. The molecule has 1 aliphatic rings. The van der Waals surface area contributed by atoms with E-state index in [-0.39, 0.29) is 5.91 Å². The normalized spacial score (nSPS) is 14.0. The summed E-state index contributed by atoms with van der Waals surface area (Å²) in [5, 5.41) is 0. The number of aromatic nitrogens is 2. The van der Waals surface area contributed by atoms with E-state index in [1.807, 2.05) is 35.5 Å². The van der Waals surface area contributed by atoms with Crippen molar-refractivity contribution >= 4 is 5.91 Å². The van der Waals surface area contributed by atoms with Gasteiger partial charge >= 0.3 is 0 Å². The first-order chi connectivity index (χ1) is 10.7. The molecule has 2 heterocycles. The second kappa shape index (κ2) is 6.32. The highest BCUT2D eigenvalue weighted by molar-refractivity contribution is 5.94. The van der Waals surface area contributed by atoms with Crippen molar-refractivity contribution in [3.05, 3.63) is 53.1 Å². The molecule has 0 N–H and O–H groups in total. The molecule has 0 saturated heterocycles. The average Bonchev–Trinajstić information content (AvgIpc) is 2.97. The van der Waals surface area contributed by atoms with Gasteiger partial charge in [-0.15, -0.1) is 0 Å². The Morgan fingerprint density at radius 1 is 1.27 bits per heavy atom. The first-order valence-electron chi connectivity index (χ1n) is 7.63. The maximum atomic E-state index is 12.7. The second-order valence-corrected chi connectivity index (χ2v) is 5.54. The zero-order valence-corrected chi connectivity index (χ0v) is 13.1. The number of aryl methyl sites for hydroxylation is 1. The minimum absolute atomic E-state index is 0.0819. The van der Waals surface area contributed by atoms with Gasteiger partial charge in [-0.3, -0.25) is 4.79 Å². The molecule has 0 atom stereocenters. The van der Waals surface area contributed by atoms with Crippen LogP contribution in [0.2, 0.25) is 0 Å². The van der Waals surface area contributed by atoms with Crippen molar-refractivity contribution in [3.63, 3.8) is 0 Å². The van der Waals surface area contributed by atoms with Crippen molar-refractivity contribution in [2.24, 2.45) is 0 Å². The fraction of sp³-hybridized carbons (Fsp3) is 0.412. The second-order valence-electron chi connectivity index (χ2n) is 5.54. The summed E-state index contributed by atoms with van der Waals surface area (Å²) in [5.74, 6) is 0.0819. The summed E-state index contributed by atoms with van der Waals surface area (Å²) in [6, 6.07) is 7.89. The van der Waals surface area contributed by atoms with Crippen molar-refractivity contribution in [1.82, 2.24) is 14.5 Å². The number of carbonyl (C=O) groups is 1. The van der Waals surface area contributed by atoms with Gasteiger partial charge in [0.1, 0.15) is 0 Å². The summed E-state index contributed by atoms with van der Waals surface area (Å²) >= 11 is 0.